The van der Waals surface area contributed by atoms with E-state index in [4.69, 9.17) is 4.74 Å². The van der Waals surface area contributed by atoms with Gasteiger partial charge in [0.2, 0.25) is 0 Å². The largest absolute Gasteiger partial charge is 0.467 e. The summed E-state index contributed by atoms with van der Waals surface area (Å²) in [7, 11) is 1.49. The van der Waals surface area contributed by atoms with E-state index in [9.17, 15) is 4.79 Å². The number of anilines is 1. The summed E-state index contributed by atoms with van der Waals surface area (Å²) in [5.41, 5.74) is 1.21. The fourth-order valence-electron chi connectivity index (χ4n) is 1.78. The number of carbonyl (C=O) groups is 1. The molecule has 18 heavy (non-hydrogen) atoms. The van der Waals surface area contributed by atoms with E-state index in [1.165, 1.54) is 12.7 Å². The summed E-state index contributed by atoms with van der Waals surface area (Å²) in [6.07, 6.45) is 4.59. The number of hydrogen-bond acceptors (Lipinski definition) is 4. The molecule has 1 aromatic heterocycles. The predicted octanol–water partition coefficient (Wildman–Crippen LogP) is 1.67. The van der Waals surface area contributed by atoms with E-state index in [1.807, 2.05) is 6.92 Å². The van der Waals surface area contributed by atoms with Crippen molar-refractivity contribution in [1.29, 1.82) is 0 Å². The van der Waals surface area contributed by atoms with Crippen molar-refractivity contribution in [3.8, 4) is 6.01 Å². The summed E-state index contributed by atoms with van der Waals surface area (Å²) in [4.78, 5) is 21.7. The van der Waals surface area contributed by atoms with Gasteiger partial charge in [0.25, 0.3) is 0 Å². The van der Waals surface area contributed by atoms with Crippen LogP contribution in [0.25, 0.3) is 0 Å². The van der Waals surface area contributed by atoms with Crippen molar-refractivity contribution >= 4 is 11.8 Å². The van der Waals surface area contributed by atoms with Crippen molar-refractivity contribution in [3.05, 3.63) is 23.9 Å². The van der Waals surface area contributed by atoms with Crippen LogP contribution >= 0.6 is 0 Å². The summed E-state index contributed by atoms with van der Waals surface area (Å²) < 4.78 is 4.90. The molecule has 1 aliphatic heterocycles. The first-order valence-electron chi connectivity index (χ1n) is 5.77. The van der Waals surface area contributed by atoms with Crippen LogP contribution in [0.4, 0.5) is 10.6 Å². The Bertz CT molecular complexity index is 473. The maximum absolute atomic E-state index is 12.0. The summed E-state index contributed by atoms with van der Waals surface area (Å²) in [5, 5.41) is 2.74. The topological polar surface area (TPSA) is 67.3 Å². The third-order valence-electron chi connectivity index (χ3n) is 2.67. The van der Waals surface area contributed by atoms with Crippen LogP contribution in [0.15, 0.2) is 23.9 Å². The Balaban J connectivity index is 2.00. The average Bonchev–Trinajstić information content (AvgIpc) is 2.39. The van der Waals surface area contributed by atoms with Crippen LogP contribution in [0, 0.1) is 0 Å². The molecular weight excluding hydrogens is 232 g/mol. The number of nitrogens with zero attached hydrogens (tertiary/aromatic N) is 3. The Kier molecular flexibility index (Phi) is 3.76. The lowest BCUT2D eigenvalue weighted by Crippen LogP contribution is -2.38. The second kappa shape index (κ2) is 5.48. The van der Waals surface area contributed by atoms with Crippen LogP contribution in [-0.2, 0) is 0 Å². The average molecular weight is 248 g/mol. The number of aromatic nitrogens is 2. The highest BCUT2D eigenvalue weighted by Crippen LogP contribution is 2.12. The summed E-state index contributed by atoms with van der Waals surface area (Å²) in [6, 6.07) is 1.72. The van der Waals surface area contributed by atoms with Gasteiger partial charge in [-0.05, 0) is 19.4 Å². The number of hydrogen-bond donors (Lipinski definition) is 1. The molecule has 0 aliphatic carbocycles. The van der Waals surface area contributed by atoms with Crippen molar-refractivity contribution in [2.24, 2.45) is 0 Å². The van der Waals surface area contributed by atoms with Gasteiger partial charge >= 0.3 is 12.0 Å². The molecular formula is C12H16N4O2. The van der Waals surface area contributed by atoms with Gasteiger partial charge in [-0.25, -0.2) is 9.78 Å². The van der Waals surface area contributed by atoms with Crippen molar-refractivity contribution in [1.82, 2.24) is 14.9 Å². The van der Waals surface area contributed by atoms with E-state index in [0.717, 1.165) is 13.0 Å². The number of methoxy groups -OCH3 is 1. The standard InChI is InChI=1S/C12H16N4O2/c1-9-4-3-7-16(8-9)12(17)15-10-5-6-13-11(14-10)18-2/h4-6H,3,7-8H2,1-2H3,(H,13,14,15,17). The van der Waals surface area contributed by atoms with Crippen LogP contribution < -0.4 is 10.1 Å². The van der Waals surface area contributed by atoms with E-state index in [-0.39, 0.29) is 12.0 Å². The van der Waals surface area contributed by atoms with Gasteiger partial charge in [0.05, 0.1) is 7.11 Å². The molecule has 0 spiro atoms. The Morgan fingerprint density at radius 1 is 1.56 bits per heavy atom. The lowest BCUT2D eigenvalue weighted by molar-refractivity contribution is 0.214. The SMILES string of the molecule is COc1nccc(NC(=O)N2CCC=C(C)C2)n1. The molecule has 0 atom stereocenters. The first-order valence-corrected chi connectivity index (χ1v) is 5.77. The first-order chi connectivity index (χ1) is 8.69. The molecule has 0 saturated carbocycles. The van der Waals surface area contributed by atoms with Crippen LogP contribution in [-0.4, -0.2) is 41.1 Å². The van der Waals surface area contributed by atoms with Crippen LogP contribution in [0.2, 0.25) is 0 Å². The molecule has 0 radical (unpaired) electrons. The third kappa shape index (κ3) is 2.97. The molecule has 2 heterocycles. The van der Waals surface area contributed by atoms with Gasteiger partial charge in [-0.3, -0.25) is 5.32 Å². The van der Waals surface area contributed by atoms with E-state index in [2.05, 4.69) is 21.4 Å². The Morgan fingerprint density at radius 3 is 3.11 bits per heavy atom. The first kappa shape index (κ1) is 12.3. The molecule has 6 heteroatoms. The molecule has 6 nitrogen and oxygen atoms in total. The maximum atomic E-state index is 12.0. The third-order valence-corrected chi connectivity index (χ3v) is 2.67. The molecule has 0 bridgehead atoms. The Labute approximate surface area is 106 Å². The summed E-state index contributed by atoms with van der Waals surface area (Å²) in [5.74, 6) is 0.444. The van der Waals surface area contributed by atoms with Gasteiger partial charge < -0.3 is 9.64 Å². The zero-order valence-corrected chi connectivity index (χ0v) is 10.5. The van der Waals surface area contributed by atoms with Gasteiger partial charge in [0.15, 0.2) is 0 Å². The van der Waals surface area contributed by atoms with Crippen molar-refractivity contribution in [3.63, 3.8) is 0 Å². The lowest BCUT2D eigenvalue weighted by Gasteiger charge is -2.26. The molecule has 0 unspecified atom stereocenters. The number of urea groups is 1. The summed E-state index contributed by atoms with van der Waals surface area (Å²) in [6.45, 7) is 3.41. The van der Waals surface area contributed by atoms with Crippen molar-refractivity contribution < 1.29 is 9.53 Å². The molecule has 1 N–H and O–H groups in total. The zero-order valence-electron chi connectivity index (χ0n) is 10.5. The van der Waals surface area contributed by atoms with Gasteiger partial charge in [0, 0.05) is 19.3 Å². The van der Waals surface area contributed by atoms with Gasteiger partial charge in [-0.1, -0.05) is 11.6 Å². The fraction of sp³-hybridized carbons (Fsp3) is 0.417. The van der Waals surface area contributed by atoms with Crippen LogP contribution in [0.1, 0.15) is 13.3 Å². The molecule has 2 rings (SSSR count). The van der Waals surface area contributed by atoms with E-state index >= 15 is 0 Å². The highest BCUT2D eigenvalue weighted by Gasteiger charge is 2.16. The number of amides is 2. The predicted molar refractivity (Wildman–Crippen MR) is 67.5 cm³/mol. The van der Waals surface area contributed by atoms with E-state index in [1.54, 1.807) is 17.2 Å². The van der Waals surface area contributed by atoms with Gasteiger partial charge in [0.1, 0.15) is 5.82 Å². The molecule has 2 amide bonds. The lowest BCUT2D eigenvalue weighted by atomic mass is 10.1. The minimum absolute atomic E-state index is 0.150. The second-order valence-electron chi connectivity index (χ2n) is 4.12. The maximum Gasteiger partial charge on any atom is 0.323 e. The summed E-state index contributed by atoms with van der Waals surface area (Å²) >= 11 is 0. The van der Waals surface area contributed by atoms with Crippen molar-refractivity contribution in [2.75, 3.05) is 25.5 Å². The highest BCUT2D eigenvalue weighted by molar-refractivity contribution is 5.88. The fourth-order valence-corrected chi connectivity index (χ4v) is 1.78. The zero-order chi connectivity index (χ0) is 13.0. The van der Waals surface area contributed by atoms with E-state index in [0.29, 0.717) is 12.4 Å². The van der Waals surface area contributed by atoms with Gasteiger partial charge in [-0.2, -0.15) is 4.98 Å². The molecule has 0 aromatic carbocycles. The second-order valence-corrected chi connectivity index (χ2v) is 4.12. The number of carbonyl (C=O) groups excluding carboxylic acids is 1. The van der Waals surface area contributed by atoms with Crippen LogP contribution in [0.5, 0.6) is 6.01 Å². The minimum atomic E-state index is -0.150. The Hall–Kier alpha value is -2.11. The molecule has 0 saturated heterocycles. The smallest absolute Gasteiger partial charge is 0.323 e. The normalized spacial score (nSPS) is 15.0. The molecule has 96 valence electrons. The van der Waals surface area contributed by atoms with Crippen molar-refractivity contribution in [2.45, 2.75) is 13.3 Å². The monoisotopic (exact) mass is 248 g/mol. The Morgan fingerprint density at radius 2 is 2.39 bits per heavy atom. The number of ether oxygens (including phenoxy) is 1. The molecule has 1 aliphatic rings. The number of rotatable bonds is 2. The molecule has 1 aromatic rings. The number of nitrogens with one attached hydrogen (secondary N) is 1. The minimum Gasteiger partial charge on any atom is -0.467 e. The van der Waals surface area contributed by atoms with Gasteiger partial charge in [-0.15, -0.1) is 0 Å². The van der Waals surface area contributed by atoms with E-state index < -0.39 is 0 Å². The van der Waals surface area contributed by atoms with Crippen LogP contribution in [0.3, 0.4) is 0 Å². The quantitative estimate of drug-likeness (QED) is 0.808. The highest BCUT2D eigenvalue weighted by atomic mass is 16.5. The molecule has 0 fully saturated rings.